The van der Waals surface area contributed by atoms with Gasteiger partial charge in [0.15, 0.2) is 0 Å². The normalized spacial score (nSPS) is 27.9. The molecule has 0 radical (unpaired) electrons. The maximum atomic E-state index is 13.4. The van der Waals surface area contributed by atoms with Gasteiger partial charge in [-0.2, -0.15) is 13.2 Å². The Morgan fingerprint density at radius 1 is 1.00 bits per heavy atom. The molecule has 2 aromatic heterocycles. The highest BCUT2D eigenvalue weighted by Crippen LogP contribution is 2.50. The predicted octanol–water partition coefficient (Wildman–Crippen LogP) is 5.24. The van der Waals surface area contributed by atoms with Crippen molar-refractivity contribution in [2.45, 2.75) is 55.8 Å². The lowest BCUT2D eigenvalue weighted by Crippen LogP contribution is -2.58. The molecule has 1 aromatic carbocycles. The van der Waals surface area contributed by atoms with Crippen LogP contribution in [0.3, 0.4) is 0 Å². The van der Waals surface area contributed by atoms with Crippen molar-refractivity contribution in [1.82, 2.24) is 14.9 Å². The van der Waals surface area contributed by atoms with Crippen LogP contribution >= 0.6 is 0 Å². The highest BCUT2D eigenvalue weighted by atomic mass is 19.4. The summed E-state index contributed by atoms with van der Waals surface area (Å²) in [6, 6.07) is 11.9. The zero-order valence-corrected chi connectivity index (χ0v) is 19.7. The molecule has 2 aliphatic heterocycles. The van der Waals surface area contributed by atoms with Crippen LogP contribution in [-0.2, 0) is 34.1 Å². The third-order valence-electron chi connectivity index (χ3n) is 8.32. The highest BCUT2D eigenvalue weighted by Gasteiger charge is 2.50. The third kappa shape index (κ3) is 4.05. The second-order valence-electron chi connectivity index (χ2n) is 10.2. The summed E-state index contributed by atoms with van der Waals surface area (Å²) in [6.07, 6.45) is 1.64. The molecule has 6 rings (SSSR count). The molecular formula is C27H30F3N3O2. The van der Waals surface area contributed by atoms with E-state index in [2.05, 4.69) is 39.1 Å². The minimum absolute atomic E-state index is 0.0189. The van der Waals surface area contributed by atoms with Crippen LogP contribution in [0, 0.1) is 0 Å². The fourth-order valence-corrected chi connectivity index (χ4v) is 6.48. The average Bonchev–Trinajstić information content (AvgIpc) is 3.26. The summed E-state index contributed by atoms with van der Waals surface area (Å²) in [7, 11) is 0. The monoisotopic (exact) mass is 485 g/mol. The van der Waals surface area contributed by atoms with Gasteiger partial charge in [0.25, 0.3) is 0 Å². The Hall–Kier alpha value is -2.42. The number of ether oxygens (including phenoxy) is 2. The summed E-state index contributed by atoms with van der Waals surface area (Å²) in [5, 5.41) is 0.576. The summed E-state index contributed by atoms with van der Waals surface area (Å²) < 4.78 is 52.2. The number of nitrogens with one attached hydrogen (secondary N) is 1. The Labute approximate surface area is 202 Å². The van der Waals surface area contributed by atoms with Crippen LogP contribution in [-0.4, -0.2) is 53.3 Å². The van der Waals surface area contributed by atoms with E-state index in [1.807, 2.05) is 6.07 Å². The minimum atomic E-state index is -4.41. The van der Waals surface area contributed by atoms with E-state index in [0.717, 1.165) is 75.9 Å². The van der Waals surface area contributed by atoms with Crippen LogP contribution in [0.15, 0.2) is 42.6 Å². The molecule has 4 heterocycles. The molecule has 186 valence electrons. The van der Waals surface area contributed by atoms with Crippen LogP contribution in [0.4, 0.5) is 13.2 Å². The molecule has 5 nitrogen and oxygen atoms in total. The van der Waals surface area contributed by atoms with Crippen LogP contribution in [0.5, 0.6) is 0 Å². The van der Waals surface area contributed by atoms with E-state index in [-0.39, 0.29) is 5.54 Å². The molecule has 8 heteroatoms. The van der Waals surface area contributed by atoms with Crippen LogP contribution < -0.4 is 0 Å². The van der Waals surface area contributed by atoms with Crippen molar-refractivity contribution in [1.29, 1.82) is 0 Å². The Morgan fingerprint density at radius 2 is 1.74 bits per heavy atom. The Morgan fingerprint density at radius 3 is 2.46 bits per heavy atom. The van der Waals surface area contributed by atoms with Gasteiger partial charge in [0, 0.05) is 30.2 Å². The van der Waals surface area contributed by atoms with Crippen molar-refractivity contribution < 1.29 is 22.6 Å². The molecule has 3 aromatic rings. The second-order valence-corrected chi connectivity index (χ2v) is 10.2. The summed E-state index contributed by atoms with van der Waals surface area (Å²) in [4.78, 5) is 10.1. The van der Waals surface area contributed by atoms with Crippen molar-refractivity contribution in [3.63, 3.8) is 0 Å². The van der Waals surface area contributed by atoms with Crippen LogP contribution in [0.1, 0.15) is 48.1 Å². The molecule has 0 bridgehead atoms. The number of rotatable bonds is 3. The predicted molar refractivity (Wildman–Crippen MR) is 126 cm³/mol. The summed E-state index contributed by atoms with van der Waals surface area (Å²) in [5.41, 5.74) is 2.53. The van der Waals surface area contributed by atoms with Crippen molar-refractivity contribution in [3.05, 3.63) is 65.0 Å². The average molecular weight is 486 g/mol. The third-order valence-corrected chi connectivity index (χ3v) is 8.32. The number of hydrogen-bond acceptors (Lipinski definition) is 4. The lowest BCUT2D eigenvalue weighted by atomic mass is 9.68. The first kappa shape index (κ1) is 23.0. The van der Waals surface area contributed by atoms with Gasteiger partial charge in [-0.1, -0.05) is 30.3 Å². The maximum Gasteiger partial charge on any atom is 0.417 e. The highest BCUT2D eigenvalue weighted by molar-refractivity contribution is 5.82. The molecule has 0 unspecified atom stereocenters. The number of halogens is 3. The van der Waals surface area contributed by atoms with Gasteiger partial charge in [-0.3, -0.25) is 4.90 Å². The molecule has 2 fully saturated rings. The molecule has 3 aliphatic rings. The van der Waals surface area contributed by atoms with Gasteiger partial charge < -0.3 is 14.5 Å². The lowest BCUT2D eigenvalue weighted by Gasteiger charge is -2.53. The maximum absolute atomic E-state index is 13.4. The molecule has 1 saturated heterocycles. The Kier molecular flexibility index (Phi) is 5.66. The van der Waals surface area contributed by atoms with Gasteiger partial charge in [-0.05, 0) is 55.7 Å². The SMILES string of the molecule is FC(F)(F)c1cnc2[nH]c3c(c2c1)CCOC31CCC(Cc2ccccc2)(N2CCOCC2)CC1. The van der Waals surface area contributed by atoms with Gasteiger partial charge in [-0.15, -0.1) is 0 Å². The first-order valence-electron chi connectivity index (χ1n) is 12.5. The molecule has 0 atom stereocenters. The number of hydrogen-bond donors (Lipinski definition) is 1. The first-order chi connectivity index (χ1) is 16.9. The lowest BCUT2D eigenvalue weighted by molar-refractivity contribution is -0.137. The largest absolute Gasteiger partial charge is 0.417 e. The van der Waals surface area contributed by atoms with Crippen molar-refractivity contribution >= 4 is 11.0 Å². The Balaban J connectivity index is 1.33. The molecule has 1 N–H and O–H groups in total. The zero-order valence-electron chi connectivity index (χ0n) is 19.7. The number of alkyl halides is 3. The molecule has 1 spiro atoms. The Bertz CT molecular complexity index is 1190. The topological polar surface area (TPSA) is 50.4 Å². The first-order valence-corrected chi connectivity index (χ1v) is 12.5. The van der Waals surface area contributed by atoms with Gasteiger partial charge in [-0.25, -0.2) is 4.98 Å². The minimum Gasteiger partial charge on any atom is -0.379 e. The summed E-state index contributed by atoms with van der Waals surface area (Å²) in [6.45, 7) is 3.85. The smallest absolute Gasteiger partial charge is 0.379 e. The van der Waals surface area contributed by atoms with Crippen molar-refractivity contribution in [2.24, 2.45) is 0 Å². The van der Waals surface area contributed by atoms with Crippen molar-refractivity contribution in [3.8, 4) is 0 Å². The van der Waals surface area contributed by atoms with Crippen molar-refractivity contribution in [2.75, 3.05) is 32.9 Å². The molecule has 1 aliphatic carbocycles. The van der Waals surface area contributed by atoms with E-state index >= 15 is 0 Å². The van der Waals surface area contributed by atoms with Gasteiger partial charge >= 0.3 is 6.18 Å². The fraction of sp³-hybridized carbons (Fsp3) is 0.519. The number of benzene rings is 1. The number of fused-ring (bicyclic) bond motifs is 4. The number of aromatic nitrogens is 2. The standard InChI is InChI=1S/C27H30F3N3O2/c28-27(29,30)20-16-22-21-6-13-35-26(23(21)32-24(22)31-18-20)9-7-25(8-10-26,33-11-14-34-15-12-33)17-19-4-2-1-3-5-19/h1-5,16,18H,6-15,17H2,(H,31,32). The number of aromatic amines is 1. The summed E-state index contributed by atoms with van der Waals surface area (Å²) in [5.74, 6) is 0. The van der Waals surface area contributed by atoms with Gasteiger partial charge in [0.05, 0.1) is 31.1 Å². The zero-order chi connectivity index (χ0) is 24.1. The quantitative estimate of drug-likeness (QED) is 0.552. The molecular weight excluding hydrogens is 455 g/mol. The van der Waals surface area contributed by atoms with E-state index in [1.54, 1.807) is 0 Å². The number of pyridine rings is 1. The van der Waals surface area contributed by atoms with Gasteiger partial charge in [0.1, 0.15) is 11.2 Å². The summed E-state index contributed by atoms with van der Waals surface area (Å²) >= 11 is 0. The number of H-pyrrole nitrogens is 1. The van der Waals surface area contributed by atoms with Crippen LogP contribution in [0.2, 0.25) is 0 Å². The number of nitrogens with zero attached hydrogens (tertiary/aromatic N) is 2. The van der Waals surface area contributed by atoms with E-state index < -0.39 is 17.3 Å². The van der Waals surface area contributed by atoms with E-state index in [9.17, 15) is 13.2 Å². The second kappa shape index (κ2) is 8.61. The molecule has 0 amide bonds. The molecule has 35 heavy (non-hydrogen) atoms. The van der Waals surface area contributed by atoms with Gasteiger partial charge in [0.2, 0.25) is 0 Å². The van der Waals surface area contributed by atoms with E-state index in [0.29, 0.717) is 24.1 Å². The van der Waals surface area contributed by atoms with E-state index in [4.69, 9.17) is 9.47 Å². The molecule has 1 saturated carbocycles. The van der Waals surface area contributed by atoms with E-state index in [1.165, 1.54) is 11.6 Å². The van der Waals surface area contributed by atoms with Crippen LogP contribution in [0.25, 0.3) is 11.0 Å². The fourth-order valence-electron chi connectivity index (χ4n) is 6.48. The number of morpholine rings is 1.